The number of carboxylic acid groups (broad SMARTS) is 1. The zero-order chi connectivity index (χ0) is 19.6. The number of allylic oxidation sites excluding steroid dienone is 2. The van der Waals surface area contributed by atoms with Crippen molar-refractivity contribution in [1.82, 2.24) is 0 Å². The van der Waals surface area contributed by atoms with Gasteiger partial charge in [0.1, 0.15) is 5.00 Å². The molecule has 2 amide bonds. The largest absolute Gasteiger partial charge is 0.481 e. The standard InChI is InChI=1S/C20H26N2O4S/c1-2-5-11-8-9-14-15(10-11)27-19(16(14)17(21)23)22-18(24)12-6-3-4-7-13(12)20(25)26/h3-4,11-13H,2,5-10H2,1H3,(H2,21,23)(H,22,24)(H,25,26)/t11-,12-,13-/m0/s1. The van der Waals surface area contributed by atoms with Gasteiger partial charge in [-0.2, -0.15) is 0 Å². The number of carboxylic acids is 1. The number of nitrogens with one attached hydrogen (secondary N) is 1. The number of amides is 2. The molecule has 1 aromatic rings. The average Bonchev–Trinajstić information content (AvgIpc) is 2.99. The topological polar surface area (TPSA) is 109 Å². The summed E-state index contributed by atoms with van der Waals surface area (Å²) in [6.45, 7) is 2.17. The second-order valence-electron chi connectivity index (χ2n) is 7.45. The molecule has 6 nitrogen and oxygen atoms in total. The number of hydrogen-bond donors (Lipinski definition) is 3. The quantitative estimate of drug-likeness (QED) is 0.647. The third-order valence-electron chi connectivity index (χ3n) is 5.63. The van der Waals surface area contributed by atoms with Gasteiger partial charge in [-0.3, -0.25) is 14.4 Å². The second-order valence-corrected chi connectivity index (χ2v) is 8.56. The fraction of sp³-hybridized carbons (Fsp3) is 0.550. The minimum atomic E-state index is -0.970. The fourth-order valence-electron chi connectivity index (χ4n) is 4.24. The highest BCUT2D eigenvalue weighted by Crippen LogP contribution is 2.41. The van der Waals surface area contributed by atoms with E-state index in [4.69, 9.17) is 5.73 Å². The molecule has 2 aliphatic rings. The van der Waals surface area contributed by atoms with Gasteiger partial charge in [-0.15, -0.1) is 11.3 Å². The van der Waals surface area contributed by atoms with Crippen molar-refractivity contribution in [3.8, 4) is 0 Å². The highest BCUT2D eigenvalue weighted by Gasteiger charge is 2.35. The molecule has 3 atom stereocenters. The molecular weight excluding hydrogens is 364 g/mol. The second kappa shape index (κ2) is 8.25. The van der Waals surface area contributed by atoms with Crippen LogP contribution in [0.1, 0.15) is 59.8 Å². The Morgan fingerprint density at radius 3 is 2.59 bits per heavy atom. The van der Waals surface area contributed by atoms with Crippen LogP contribution in [0.4, 0.5) is 5.00 Å². The van der Waals surface area contributed by atoms with Gasteiger partial charge in [0.15, 0.2) is 0 Å². The number of carbonyl (C=O) groups excluding carboxylic acids is 2. The molecule has 27 heavy (non-hydrogen) atoms. The van der Waals surface area contributed by atoms with Crippen molar-refractivity contribution >= 4 is 34.1 Å². The van der Waals surface area contributed by atoms with Gasteiger partial charge in [-0.1, -0.05) is 31.9 Å². The highest BCUT2D eigenvalue weighted by molar-refractivity contribution is 7.17. The van der Waals surface area contributed by atoms with E-state index in [1.54, 1.807) is 6.08 Å². The van der Waals surface area contributed by atoms with Crippen molar-refractivity contribution in [3.63, 3.8) is 0 Å². The van der Waals surface area contributed by atoms with Crippen molar-refractivity contribution in [2.24, 2.45) is 23.5 Å². The lowest BCUT2D eigenvalue weighted by atomic mass is 9.82. The van der Waals surface area contributed by atoms with E-state index in [-0.39, 0.29) is 5.91 Å². The Hall–Kier alpha value is -2.15. The first-order chi connectivity index (χ1) is 12.9. The van der Waals surface area contributed by atoms with E-state index in [9.17, 15) is 19.5 Å². The molecular formula is C20H26N2O4S. The summed E-state index contributed by atoms with van der Waals surface area (Å²) in [7, 11) is 0. The Labute approximate surface area is 162 Å². The Bertz CT molecular complexity index is 783. The van der Waals surface area contributed by atoms with Crippen LogP contribution in [0, 0.1) is 17.8 Å². The van der Waals surface area contributed by atoms with E-state index >= 15 is 0 Å². The van der Waals surface area contributed by atoms with Crippen LogP contribution in [0.2, 0.25) is 0 Å². The van der Waals surface area contributed by atoms with Crippen molar-refractivity contribution < 1.29 is 19.5 Å². The molecule has 0 saturated carbocycles. The lowest BCUT2D eigenvalue weighted by molar-refractivity contribution is -0.146. The van der Waals surface area contributed by atoms with Crippen molar-refractivity contribution in [2.45, 2.75) is 51.9 Å². The monoisotopic (exact) mass is 390 g/mol. The number of aliphatic carboxylic acids is 1. The molecule has 0 bridgehead atoms. The first-order valence-corrected chi connectivity index (χ1v) is 10.4. The van der Waals surface area contributed by atoms with Crippen LogP contribution in [-0.2, 0) is 22.4 Å². The van der Waals surface area contributed by atoms with Crippen molar-refractivity contribution in [3.05, 3.63) is 28.2 Å². The smallest absolute Gasteiger partial charge is 0.307 e. The number of hydrogen-bond acceptors (Lipinski definition) is 4. The summed E-state index contributed by atoms with van der Waals surface area (Å²) in [4.78, 5) is 37.4. The average molecular weight is 391 g/mol. The number of rotatable bonds is 6. The third kappa shape index (κ3) is 4.08. The van der Waals surface area contributed by atoms with Crippen LogP contribution in [-0.4, -0.2) is 22.9 Å². The normalized spacial score (nSPS) is 24.3. The predicted molar refractivity (Wildman–Crippen MR) is 105 cm³/mol. The summed E-state index contributed by atoms with van der Waals surface area (Å²) in [5.74, 6) is -2.63. The van der Waals surface area contributed by atoms with E-state index in [1.807, 2.05) is 6.08 Å². The molecule has 4 N–H and O–H groups in total. The molecule has 7 heteroatoms. The van der Waals surface area contributed by atoms with Gasteiger partial charge in [0.05, 0.1) is 17.4 Å². The van der Waals surface area contributed by atoms with E-state index in [0.717, 1.165) is 42.5 Å². The maximum atomic E-state index is 12.8. The molecule has 0 fully saturated rings. The summed E-state index contributed by atoms with van der Waals surface area (Å²) in [5, 5.41) is 12.7. The maximum Gasteiger partial charge on any atom is 0.307 e. The van der Waals surface area contributed by atoms with Crippen LogP contribution < -0.4 is 11.1 Å². The molecule has 0 aliphatic heterocycles. The molecule has 0 unspecified atom stereocenters. The molecule has 3 rings (SSSR count). The summed E-state index contributed by atoms with van der Waals surface area (Å²) < 4.78 is 0. The summed E-state index contributed by atoms with van der Waals surface area (Å²) in [6.07, 6.45) is 9.39. The Morgan fingerprint density at radius 1 is 1.26 bits per heavy atom. The summed E-state index contributed by atoms with van der Waals surface area (Å²) in [6, 6.07) is 0. The van der Waals surface area contributed by atoms with Crippen molar-refractivity contribution in [2.75, 3.05) is 5.32 Å². The maximum absolute atomic E-state index is 12.8. The lowest BCUT2D eigenvalue weighted by Crippen LogP contribution is -2.35. The lowest BCUT2D eigenvalue weighted by Gasteiger charge is -2.24. The van der Waals surface area contributed by atoms with Gasteiger partial charge < -0.3 is 16.2 Å². The third-order valence-corrected chi connectivity index (χ3v) is 6.80. The first kappa shape index (κ1) is 19.6. The molecule has 1 aromatic heterocycles. The van der Waals surface area contributed by atoms with Crippen LogP contribution in [0.5, 0.6) is 0 Å². The number of anilines is 1. The van der Waals surface area contributed by atoms with Crippen LogP contribution >= 0.6 is 11.3 Å². The Kier molecular flexibility index (Phi) is 5.99. The Balaban J connectivity index is 1.84. The van der Waals surface area contributed by atoms with E-state index in [0.29, 0.717) is 29.3 Å². The number of thiophene rings is 1. The molecule has 2 aliphatic carbocycles. The molecule has 146 valence electrons. The van der Waals surface area contributed by atoms with E-state index in [1.165, 1.54) is 11.3 Å². The zero-order valence-electron chi connectivity index (χ0n) is 15.5. The van der Waals surface area contributed by atoms with Gasteiger partial charge in [0.25, 0.3) is 5.91 Å². The van der Waals surface area contributed by atoms with E-state index in [2.05, 4.69) is 12.2 Å². The number of fused-ring (bicyclic) bond motifs is 1. The molecule has 0 spiro atoms. The minimum Gasteiger partial charge on any atom is -0.481 e. The van der Waals surface area contributed by atoms with Gasteiger partial charge >= 0.3 is 5.97 Å². The van der Waals surface area contributed by atoms with E-state index < -0.39 is 23.7 Å². The predicted octanol–water partition coefficient (Wildman–Crippen LogP) is 3.36. The number of carbonyl (C=O) groups is 3. The van der Waals surface area contributed by atoms with Gasteiger partial charge in [0, 0.05) is 4.88 Å². The SMILES string of the molecule is CCC[C@H]1CCc2c(sc(NC(=O)[C@H]3CC=CC[C@@H]3C(=O)O)c2C(N)=O)C1. The van der Waals surface area contributed by atoms with Crippen molar-refractivity contribution in [1.29, 1.82) is 0 Å². The Morgan fingerprint density at radius 2 is 1.96 bits per heavy atom. The van der Waals surface area contributed by atoms with Crippen LogP contribution in [0.3, 0.4) is 0 Å². The van der Waals surface area contributed by atoms with Gasteiger partial charge in [-0.25, -0.2) is 0 Å². The number of nitrogens with two attached hydrogens (primary N) is 1. The van der Waals surface area contributed by atoms with Gasteiger partial charge in [-0.05, 0) is 43.6 Å². The fourth-order valence-corrected chi connectivity index (χ4v) is 5.61. The highest BCUT2D eigenvalue weighted by atomic mass is 32.1. The number of primary amides is 1. The molecule has 1 heterocycles. The molecule has 0 radical (unpaired) electrons. The zero-order valence-corrected chi connectivity index (χ0v) is 16.3. The minimum absolute atomic E-state index is 0.343. The summed E-state index contributed by atoms with van der Waals surface area (Å²) in [5.41, 5.74) is 7.00. The molecule has 0 saturated heterocycles. The van der Waals surface area contributed by atoms with Crippen LogP contribution in [0.25, 0.3) is 0 Å². The molecule has 0 aromatic carbocycles. The van der Waals surface area contributed by atoms with Crippen LogP contribution in [0.15, 0.2) is 12.2 Å². The van der Waals surface area contributed by atoms with Gasteiger partial charge in [0.2, 0.25) is 5.91 Å². The first-order valence-electron chi connectivity index (χ1n) is 9.55. The summed E-state index contributed by atoms with van der Waals surface area (Å²) >= 11 is 1.42.